The molecule has 0 spiro atoms. The van der Waals surface area contributed by atoms with E-state index in [1.54, 1.807) is 49.6 Å². The molecule has 6 nitrogen and oxygen atoms in total. The molecule has 1 atom stereocenters. The number of ether oxygens (including phenoxy) is 2. The fourth-order valence-electron chi connectivity index (χ4n) is 3.76. The molecular weight excluding hydrogens is 447 g/mol. The number of halogens is 1. The lowest BCUT2D eigenvalue weighted by Crippen LogP contribution is -2.49. The zero-order chi connectivity index (χ0) is 25.0. The highest BCUT2D eigenvalue weighted by Crippen LogP contribution is 2.19. The first-order valence-electron chi connectivity index (χ1n) is 11.6. The minimum Gasteiger partial charge on any atom is -0.497 e. The maximum atomic E-state index is 14.5. The van der Waals surface area contributed by atoms with Crippen LogP contribution < -0.4 is 14.8 Å². The van der Waals surface area contributed by atoms with E-state index in [0.29, 0.717) is 30.8 Å². The molecule has 3 aromatic carbocycles. The summed E-state index contributed by atoms with van der Waals surface area (Å²) in [4.78, 5) is 27.7. The Balaban J connectivity index is 1.73. The number of amides is 2. The molecule has 0 fully saturated rings. The molecule has 7 heteroatoms. The molecule has 0 aromatic heterocycles. The Morgan fingerprint density at radius 1 is 0.943 bits per heavy atom. The van der Waals surface area contributed by atoms with Crippen LogP contribution in [0.1, 0.15) is 24.0 Å². The van der Waals surface area contributed by atoms with Gasteiger partial charge in [-0.2, -0.15) is 0 Å². The Morgan fingerprint density at radius 2 is 1.60 bits per heavy atom. The van der Waals surface area contributed by atoms with Gasteiger partial charge in [-0.15, -0.1) is 0 Å². The first-order valence-corrected chi connectivity index (χ1v) is 11.6. The Kier molecular flexibility index (Phi) is 9.66. The van der Waals surface area contributed by atoms with E-state index < -0.39 is 11.9 Å². The number of hydrogen-bond donors (Lipinski definition) is 1. The average Bonchev–Trinajstić information content (AvgIpc) is 2.90. The van der Waals surface area contributed by atoms with E-state index in [4.69, 9.17) is 9.47 Å². The lowest BCUT2D eigenvalue weighted by atomic mass is 10.0. The summed E-state index contributed by atoms with van der Waals surface area (Å²) in [5.74, 6) is 0.455. The van der Waals surface area contributed by atoms with Crippen LogP contribution in [0.4, 0.5) is 4.39 Å². The standard InChI is InChI=1S/C28H31FN2O4/c1-30-28(33)26(19-21-9-4-3-5-10-21)31(20-22-11-6-7-12-25(22)29)27(32)13-8-18-35-24-16-14-23(34-2)15-17-24/h3-7,9-12,14-17,26H,8,13,18-20H2,1-2H3,(H,30,33). The fraction of sp³-hybridized carbons (Fsp3) is 0.286. The van der Waals surface area contributed by atoms with Crippen molar-refractivity contribution in [1.82, 2.24) is 10.2 Å². The monoisotopic (exact) mass is 478 g/mol. The van der Waals surface area contributed by atoms with Crippen molar-refractivity contribution in [3.8, 4) is 11.5 Å². The zero-order valence-corrected chi connectivity index (χ0v) is 20.1. The molecule has 0 aliphatic heterocycles. The van der Waals surface area contributed by atoms with E-state index in [2.05, 4.69) is 5.32 Å². The van der Waals surface area contributed by atoms with Crippen LogP contribution in [-0.2, 0) is 22.6 Å². The van der Waals surface area contributed by atoms with Crippen LogP contribution in [0.25, 0.3) is 0 Å². The highest BCUT2D eigenvalue weighted by atomic mass is 19.1. The molecule has 1 unspecified atom stereocenters. The molecule has 0 heterocycles. The van der Waals surface area contributed by atoms with Gasteiger partial charge < -0.3 is 19.7 Å². The van der Waals surface area contributed by atoms with E-state index in [1.807, 2.05) is 30.3 Å². The summed E-state index contributed by atoms with van der Waals surface area (Å²) >= 11 is 0. The van der Waals surface area contributed by atoms with Crippen LogP contribution in [0, 0.1) is 5.82 Å². The van der Waals surface area contributed by atoms with Crippen LogP contribution in [0.2, 0.25) is 0 Å². The van der Waals surface area contributed by atoms with Crippen molar-refractivity contribution in [3.05, 3.63) is 95.8 Å². The van der Waals surface area contributed by atoms with Gasteiger partial charge in [0.25, 0.3) is 0 Å². The predicted octanol–water partition coefficient (Wildman–Crippen LogP) is 4.38. The third-order valence-corrected chi connectivity index (χ3v) is 5.68. The van der Waals surface area contributed by atoms with Crippen LogP contribution in [0.15, 0.2) is 78.9 Å². The van der Waals surface area contributed by atoms with E-state index in [0.717, 1.165) is 11.3 Å². The van der Waals surface area contributed by atoms with Gasteiger partial charge in [0.05, 0.1) is 13.7 Å². The first-order chi connectivity index (χ1) is 17.0. The van der Waals surface area contributed by atoms with Gasteiger partial charge in [0.15, 0.2) is 0 Å². The molecule has 0 saturated heterocycles. The minimum atomic E-state index is -0.781. The summed E-state index contributed by atoms with van der Waals surface area (Å²) in [6, 6.07) is 22.2. The molecule has 1 N–H and O–H groups in total. The second kappa shape index (κ2) is 13.1. The van der Waals surface area contributed by atoms with Gasteiger partial charge in [-0.3, -0.25) is 9.59 Å². The Labute approximate surface area is 205 Å². The van der Waals surface area contributed by atoms with Crippen molar-refractivity contribution in [2.24, 2.45) is 0 Å². The summed E-state index contributed by atoms with van der Waals surface area (Å²) in [6.45, 7) is 0.324. The molecule has 3 aromatic rings. The second-order valence-corrected chi connectivity index (χ2v) is 8.06. The quantitative estimate of drug-likeness (QED) is 0.393. The van der Waals surface area contributed by atoms with Crippen molar-refractivity contribution in [1.29, 1.82) is 0 Å². The summed E-state index contributed by atoms with van der Waals surface area (Å²) in [7, 11) is 3.13. The third kappa shape index (κ3) is 7.57. The number of benzene rings is 3. The van der Waals surface area contributed by atoms with E-state index in [9.17, 15) is 14.0 Å². The Bertz CT molecular complexity index is 1090. The van der Waals surface area contributed by atoms with Crippen LogP contribution in [0.5, 0.6) is 11.5 Å². The van der Waals surface area contributed by atoms with Crippen molar-refractivity contribution in [2.45, 2.75) is 31.8 Å². The first kappa shape index (κ1) is 25.7. The van der Waals surface area contributed by atoms with Crippen molar-refractivity contribution in [3.63, 3.8) is 0 Å². The molecule has 0 radical (unpaired) electrons. The molecule has 3 rings (SSSR count). The highest BCUT2D eigenvalue weighted by Gasteiger charge is 2.30. The smallest absolute Gasteiger partial charge is 0.242 e. The van der Waals surface area contributed by atoms with Crippen molar-refractivity contribution >= 4 is 11.8 Å². The Hall–Kier alpha value is -3.87. The maximum absolute atomic E-state index is 14.5. The van der Waals surface area contributed by atoms with Gasteiger partial charge in [0.2, 0.25) is 11.8 Å². The lowest BCUT2D eigenvalue weighted by Gasteiger charge is -2.31. The summed E-state index contributed by atoms with van der Waals surface area (Å²) in [5, 5.41) is 2.66. The molecule has 35 heavy (non-hydrogen) atoms. The maximum Gasteiger partial charge on any atom is 0.242 e. The largest absolute Gasteiger partial charge is 0.497 e. The van der Waals surface area contributed by atoms with Gasteiger partial charge in [-0.05, 0) is 42.3 Å². The molecule has 184 valence electrons. The number of hydrogen-bond acceptors (Lipinski definition) is 4. The van der Waals surface area contributed by atoms with Gasteiger partial charge in [0.1, 0.15) is 23.4 Å². The Morgan fingerprint density at radius 3 is 2.26 bits per heavy atom. The fourth-order valence-corrected chi connectivity index (χ4v) is 3.76. The molecular formula is C28H31FN2O4. The van der Waals surface area contributed by atoms with Crippen LogP contribution in [0.3, 0.4) is 0 Å². The predicted molar refractivity (Wildman–Crippen MR) is 133 cm³/mol. The van der Waals surface area contributed by atoms with E-state index >= 15 is 0 Å². The van der Waals surface area contributed by atoms with Crippen molar-refractivity contribution < 1.29 is 23.5 Å². The number of carbonyl (C=O) groups is 2. The SMILES string of the molecule is CNC(=O)C(Cc1ccccc1)N(Cc1ccccc1F)C(=O)CCCOc1ccc(OC)cc1. The summed E-state index contributed by atoms with van der Waals surface area (Å²) in [6.07, 6.45) is 0.931. The van der Waals surface area contributed by atoms with Crippen LogP contribution in [-0.4, -0.2) is 43.5 Å². The van der Waals surface area contributed by atoms with Gasteiger partial charge in [-0.25, -0.2) is 4.39 Å². The number of carbonyl (C=O) groups excluding carboxylic acids is 2. The van der Waals surface area contributed by atoms with Gasteiger partial charge in [0, 0.05) is 32.0 Å². The average molecular weight is 479 g/mol. The normalized spacial score (nSPS) is 11.4. The number of rotatable bonds is 12. The molecule has 0 aliphatic rings. The number of methoxy groups -OCH3 is 1. The van der Waals surface area contributed by atoms with Crippen LogP contribution >= 0.6 is 0 Å². The van der Waals surface area contributed by atoms with Crippen molar-refractivity contribution in [2.75, 3.05) is 20.8 Å². The highest BCUT2D eigenvalue weighted by molar-refractivity contribution is 5.87. The zero-order valence-electron chi connectivity index (χ0n) is 20.1. The molecule has 0 aliphatic carbocycles. The molecule has 0 saturated carbocycles. The summed E-state index contributed by atoms with van der Waals surface area (Å²) in [5.41, 5.74) is 1.27. The van der Waals surface area contributed by atoms with E-state index in [-0.39, 0.29) is 24.8 Å². The summed E-state index contributed by atoms with van der Waals surface area (Å²) < 4.78 is 25.3. The van der Waals surface area contributed by atoms with Gasteiger partial charge in [-0.1, -0.05) is 48.5 Å². The molecule has 0 bridgehead atoms. The second-order valence-electron chi connectivity index (χ2n) is 8.06. The number of likely N-dealkylation sites (N-methyl/N-ethyl adjacent to an activating group) is 1. The molecule has 2 amide bonds. The van der Waals surface area contributed by atoms with E-state index in [1.165, 1.54) is 18.0 Å². The topological polar surface area (TPSA) is 67.9 Å². The lowest BCUT2D eigenvalue weighted by molar-refractivity contribution is -0.141. The minimum absolute atomic E-state index is 0.00420. The third-order valence-electron chi connectivity index (χ3n) is 5.68. The number of nitrogens with zero attached hydrogens (tertiary/aromatic N) is 1. The van der Waals surface area contributed by atoms with Gasteiger partial charge >= 0.3 is 0 Å². The number of nitrogens with one attached hydrogen (secondary N) is 1.